The Balaban J connectivity index is 2.52. The van der Waals surface area contributed by atoms with Crippen LogP contribution in [-0.2, 0) is 7.05 Å². The molecule has 0 atom stereocenters. The molecule has 0 aliphatic heterocycles. The van der Waals surface area contributed by atoms with Crippen LogP contribution in [0.1, 0.15) is 5.69 Å². The summed E-state index contributed by atoms with van der Waals surface area (Å²) < 4.78 is 1.45. The van der Waals surface area contributed by atoms with E-state index in [1.807, 2.05) is 12.3 Å². The molecular formula is C9H9N3OS. The molecule has 0 spiro atoms. The van der Waals surface area contributed by atoms with Crippen LogP contribution in [0.25, 0.3) is 10.6 Å². The van der Waals surface area contributed by atoms with Gasteiger partial charge < -0.3 is 4.57 Å². The van der Waals surface area contributed by atoms with Gasteiger partial charge in [0.1, 0.15) is 5.01 Å². The lowest BCUT2D eigenvalue weighted by molar-refractivity contribution is 0.812. The van der Waals surface area contributed by atoms with Gasteiger partial charge in [-0.15, -0.1) is 11.3 Å². The topological polar surface area (TPSA) is 47.8 Å². The molecule has 0 aromatic carbocycles. The van der Waals surface area contributed by atoms with E-state index in [4.69, 9.17) is 0 Å². The lowest BCUT2D eigenvalue weighted by Crippen LogP contribution is -2.18. The first-order valence-corrected chi connectivity index (χ1v) is 5.00. The van der Waals surface area contributed by atoms with Crippen molar-refractivity contribution in [2.24, 2.45) is 7.05 Å². The summed E-state index contributed by atoms with van der Waals surface area (Å²) in [7, 11) is 1.68. The molecule has 4 nitrogen and oxygen atoms in total. The van der Waals surface area contributed by atoms with Gasteiger partial charge in [0.25, 0.3) is 0 Å². The van der Waals surface area contributed by atoms with E-state index in [9.17, 15) is 4.79 Å². The van der Waals surface area contributed by atoms with Gasteiger partial charge in [-0.05, 0) is 6.92 Å². The molecule has 0 bridgehead atoms. The molecule has 0 radical (unpaired) electrons. The SMILES string of the molecule is Cc1csc(-c2cnc(=O)n(C)c2)n1. The Morgan fingerprint density at radius 1 is 1.50 bits per heavy atom. The number of hydrogen-bond acceptors (Lipinski definition) is 4. The number of aromatic nitrogens is 3. The second-order valence-corrected chi connectivity index (χ2v) is 3.89. The van der Waals surface area contributed by atoms with Crippen molar-refractivity contribution in [3.8, 4) is 10.6 Å². The van der Waals surface area contributed by atoms with Crippen LogP contribution >= 0.6 is 11.3 Å². The Labute approximate surface area is 84.9 Å². The van der Waals surface area contributed by atoms with E-state index in [-0.39, 0.29) is 5.69 Å². The highest BCUT2D eigenvalue weighted by atomic mass is 32.1. The molecule has 0 saturated carbocycles. The average molecular weight is 207 g/mol. The van der Waals surface area contributed by atoms with Crippen molar-refractivity contribution in [2.45, 2.75) is 6.92 Å². The fraction of sp³-hybridized carbons (Fsp3) is 0.222. The highest BCUT2D eigenvalue weighted by Gasteiger charge is 2.03. The van der Waals surface area contributed by atoms with Crippen molar-refractivity contribution in [1.29, 1.82) is 0 Å². The van der Waals surface area contributed by atoms with Crippen molar-refractivity contribution in [2.75, 3.05) is 0 Å². The second-order valence-electron chi connectivity index (χ2n) is 3.03. The highest BCUT2D eigenvalue weighted by Crippen LogP contribution is 2.21. The zero-order valence-corrected chi connectivity index (χ0v) is 8.71. The van der Waals surface area contributed by atoms with E-state index in [2.05, 4.69) is 9.97 Å². The van der Waals surface area contributed by atoms with Crippen LogP contribution in [0.2, 0.25) is 0 Å². The summed E-state index contributed by atoms with van der Waals surface area (Å²) in [5, 5.41) is 2.87. The fourth-order valence-corrected chi connectivity index (χ4v) is 1.88. The van der Waals surface area contributed by atoms with Crippen molar-refractivity contribution in [3.05, 3.63) is 34.0 Å². The Morgan fingerprint density at radius 3 is 2.86 bits per heavy atom. The first kappa shape index (κ1) is 9.08. The maximum atomic E-state index is 11.0. The zero-order chi connectivity index (χ0) is 10.1. The lowest BCUT2D eigenvalue weighted by Gasteiger charge is -1.98. The molecule has 2 aromatic rings. The minimum Gasteiger partial charge on any atom is -0.302 e. The van der Waals surface area contributed by atoms with Crippen LogP contribution in [0.4, 0.5) is 0 Å². The Morgan fingerprint density at radius 2 is 2.29 bits per heavy atom. The van der Waals surface area contributed by atoms with Crippen molar-refractivity contribution < 1.29 is 0 Å². The first-order chi connectivity index (χ1) is 6.66. The third kappa shape index (κ3) is 1.58. The highest BCUT2D eigenvalue weighted by molar-refractivity contribution is 7.13. The number of rotatable bonds is 1. The largest absolute Gasteiger partial charge is 0.347 e. The van der Waals surface area contributed by atoms with Crippen LogP contribution < -0.4 is 5.69 Å². The van der Waals surface area contributed by atoms with Crippen LogP contribution in [-0.4, -0.2) is 14.5 Å². The molecule has 5 heteroatoms. The summed E-state index contributed by atoms with van der Waals surface area (Å²) in [4.78, 5) is 19.1. The summed E-state index contributed by atoms with van der Waals surface area (Å²) in [6, 6.07) is 0. The zero-order valence-electron chi connectivity index (χ0n) is 7.89. The number of thiazole rings is 1. The van der Waals surface area contributed by atoms with Gasteiger partial charge in [-0.2, -0.15) is 0 Å². The minimum absolute atomic E-state index is 0.248. The van der Waals surface area contributed by atoms with E-state index >= 15 is 0 Å². The summed E-state index contributed by atoms with van der Waals surface area (Å²) >= 11 is 1.55. The van der Waals surface area contributed by atoms with Crippen molar-refractivity contribution in [1.82, 2.24) is 14.5 Å². The fourth-order valence-electron chi connectivity index (χ4n) is 1.11. The van der Waals surface area contributed by atoms with Gasteiger partial charge in [0.15, 0.2) is 0 Å². The minimum atomic E-state index is -0.248. The van der Waals surface area contributed by atoms with Crippen LogP contribution in [0.5, 0.6) is 0 Å². The van der Waals surface area contributed by atoms with E-state index < -0.39 is 0 Å². The van der Waals surface area contributed by atoms with Gasteiger partial charge in [0, 0.05) is 36.1 Å². The molecule has 0 N–H and O–H groups in total. The molecule has 0 amide bonds. The van der Waals surface area contributed by atoms with E-state index in [0.29, 0.717) is 0 Å². The van der Waals surface area contributed by atoms with E-state index in [1.165, 1.54) is 4.57 Å². The molecule has 0 aliphatic rings. The van der Waals surface area contributed by atoms with Gasteiger partial charge in [-0.1, -0.05) is 0 Å². The molecule has 2 aromatic heterocycles. The summed E-state index contributed by atoms with van der Waals surface area (Å²) in [6.07, 6.45) is 3.30. The summed E-state index contributed by atoms with van der Waals surface area (Å²) in [6.45, 7) is 1.94. The molecular weight excluding hydrogens is 198 g/mol. The lowest BCUT2D eigenvalue weighted by atomic mass is 10.3. The predicted molar refractivity (Wildman–Crippen MR) is 55.3 cm³/mol. The van der Waals surface area contributed by atoms with Crippen molar-refractivity contribution in [3.63, 3.8) is 0 Å². The molecule has 0 fully saturated rings. The van der Waals surface area contributed by atoms with Gasteiger partial charge in [-0.3, -0.25) is 0 Å². The number of aryl methyl sites for hydroxylation is 2. The molecule has 14 heavy (non-hydrogen) atoms. The van der Waals surface area contributed by atoms with Crippen LogP contribution in [0, 0.1) is 6.92 Å². The smallest absolute Gasteiger partial charge is 0.302 e. The van der Waals surface area contributed by atoms with Crippen molar-refractivity contribution >= 4 is 11.3 Å². The molecule has 72 valence electrons. The quantitative estimate of drug-likeness (QED) is 0.706. The third-order valence-corrected chi connectivity index (χ3v) is 2.82. The first-order valence-electron chi connectivity index (χ1n) is 4.12. The van der Waals surface area contributed by atoms with E-state index in [1.54, 1.807) is 30.8 Å². The van der Waals surface area contributed by atoms with Gasteiger partial charge >= 0.3 is 5.69 Å². The second kappa shape index (κ2) is 3.34. The number of nitrogens with zero attached hydrogens (tertiary/aromatic N) is 3. The Bertz CT molecular complexity index is 515. The van der Waals surface area contributed by atoms with Crippen LogP contribution in [0.15, 0.2) is 22.6 Å². The molecule has 0 unspecified atom stereocenters. The molecule has 2 rings (SSSR count). The summed E-state index contributed by atoms with van der Waals surface area (Å²) in [5.74, 6) is 0. The third-order valence-electron chi connectivity index (χ3n) is 1.81. The maximum Gasteiger partial charge on any atom is 0.347 e. The average Bonchev–Trinajstić information content (AvgIpc) is 2.57. The molecule has 2 heterocycles. The molecule has 0 aliphatic carbocycles. The van der Waals surface area contributed by atoms with Gasteiger partial charge in [0.2, 0.25) is 0 Å². The predicted octanol–water partition coefficient (Wildman–Crippen LogP) is 1.21. The Hall–Kier alpha value is -1.49. The van der Waals surface area contributed by atoms with Gasteiger partial charge in [0.05, 0.1) is 0 Å². The van der Waals surface area contributed by atoms with E-state index in [0.717, 1.165) is 16.3 Å². The molecule has 0 saturated heterocycles. The van der Waals surface area contributed by atoms with Gasteiger partial charge in [-0.25, -0.2) is 14.8 Å². The normalized spacial score (nSPS) is 10.4. The monoisotopic (exact) mass is 207 g/mol. The number of hydrogen-bond donors (Lipinski definition) is 0. The standard InChI is InChI=1S/C9H9N3OS/c1-6-5-14-8(11-6)7-3-10-9(13)12(2)4-7/h3-5H,1-2H3. The Kier molecular flexibility index (Phi) is 2.17. The maximum absolute atomic E-state index is 11.0. The summed E-state index contributed by atoms with van der Waals surface area (Å²) in [5.41, 5.74) is 1.62. The van der Waals surface area contributed by atoms with Crippen LogP contribution in [0.3, 0.4) is 0 Å².